The minimum Gasteiger partial charge on any atom is -0.465 e. The first-order valence-electron chi connectivity index (χ1n) is 19.3. The van der Waals surface area contributed by atoms with Gasteiger partial charge in [0, 0.05) is 23.3 Å². The molecule has 2 saturated carbocycles. The third-order valence-corrected chi connectivity index (χ3v) is 12.7. The van der Waals surface area contributed by atoms with Gasteiger partial charge in [0.1, 0.15) is 6.10 Å². The average Bonchev–Trinajstić information content (AvgIpc) is 3.62. The lowest BCUT2D eigenvalue weighted by Gasteiger charge is -2.48. The molecule has 8 heteroatoms. The highest BCUT2D eigenvalue weighted by molar-refractivity contribution is 5.96. The maximum atomic E-state index is 14.8. The molecule has 0 aliphatic heterocycles. The fraction of sp³-hybridized carbons (Fsp3) is 0.780. The molecule has 0 amide bonds. The Hall–Kier alpha value is -2.29. The predicted octanol–water partition coefficient (Wildman–Crippen LogP) is 7.34. The lowest BCUT2D eigenvalue weighted by Crippen LogP contribution is -2.65. The number of hydrogen-bond donors (Lipinski definition) is 3. The SMILES string of the molecule is C/C=C(/C)C(=O)O[C@H]1C(C)=C[C@]23C(=O)[C@@H](C=C(CO)[C@@H](O)[C@]12O)[C@H]1[C@@H](C[C@H]3C)[C@@]1(C)COC(=O)CCCCCCCCCCCCCCC. The second-order valence-electron chi connectivity index (χ2n) is 16.0. The standard InChI is InChI=1S/C41H64O8/c1-7-9-10-11-12-13-14-15-16-17-18-19-20-21-33(43)48-26-39(6)32-22-29(5)40-24-28(4)37(49-38(46)27(3)8-2)41(40,47)35(44)30(25-42)23-31(34(32)39)36(40)45/h8,23-24,29,31-32,34-35,37,42,44,47H,7,9-22,25-26H2,1-6H3/b27-8-/t29-,31+,32-,34+,35-,37+,39-,40+,41+/m1/s1. The summed E-state index contributed by atoms with van der Waals surface area (Å²) in [6, 6.07) is 0. The molecule has 3 N–H and O–H groups in total. The molecule has 4 aliphatic carbocycles. The van der Waals surface area contributed by atoms with Crippen LogP contribution in [0.5, 0.6) is 0 Å². The number of unbranched alkanes of at least 4 members (excludes halogenated alkanes) is 12. The van der Waals surface area contributed by atoms with E-state index in [1.165, 1.54) is 64.2 Å². The van der Waals surface area contributed by atoms with Crippen molar-refractivity contribution in [1.82, 2.24) is 0 Å². The van der Waals surface area contributed by atoms with Crippen LogP contribution in [0.25, 0.3) is 0 Å². The van der Waals surface area contributed by atoms with Crippen molar-refractivity contribution in [2.24, 2.45) is 34.5 Å². The Morgan fingerprint density at radius 2 is 1.57 bits per heavy atom. The highest BCUT2D eigenvalue weighted by atomic mass is 16.6. The molecule has 2 fully saturated rings. The minimum atomic E-state index is -2.19. The van der Waals surface area contributed by atoms with Crippen molar-refractivity contribution in [2.75, 3.05) is 13.2 Å². The summed E-state index contributed by atoms with van der Waals surface area (Å²) >= 11 is 0. The molecule has 0 aromatic heterocycles. The largest absolute Gasteiger partial charge is 0.465 e. The molecule has 4 aliphatic rings. The van der Waals surface area contributed by atoms with Crippen molar-refractivity contribution in [2.45, 2.75) is 156 Å². The molecular weight excluding hydrogens is 620 g/mol. The van der Waals surface area contributed by atoms with E-state index in [9.17, 15) is 29.7 Å². The van der Waals surface area contributed by atoms with Crippen molar-refractivity contribution in [3.63, 3.8) is 0 Å². The maximum absolute atomic E-state index is 14.8. The van der Waals surface area contributed by atoms with Crippen LogP contribution < -0.4 is 0 Å². The van der Waals surface area contributed by atoms with Crippen LogP contribution in [-0.2, 0) is 23.9 Å². The Morgan fingerprint density at radius 1 is 1.00 bits per heavy atom. The van der Waals surface area contributed by atoms with E-state index in [1.807, 2.05) is 6.92 Å². The number of ketones is 1. The number of esters is 2. The van der Waals surface area contributed by atoms with Gasteiger partial charge in [-0.3, -0.25) is 9.59 Å². The molecule has 0 aromatic rings. The second kappa shape index (κ2) is 16.8. The molecule has 2 bridgehead atoms. The molecule has 0 radical (unpaired) electrons. The van der Waals surface area contributed by atoms with Crippen molar-refractivity contribution < 1.29 is 39.2 Å². The Morgan fingerprint density at radius 3 is 2.12 bits per heavy atom. The highest BCUT2D eigenvalue weighted by Gasteiger charge is 2.77. The molecule has 49 heavy (non-hydrogen) atoms. The van der Waals surface area contributed by atoms with Crippen LogP contribution in [0.4, 0.5) is 0 Å². The van der Waals surface area contributed by atoms with Crippen LogP contribution in [0.1, 0.15) is 138 Å². The van der Waals surface area contributed by atoms with E-state index >= 15 is 0 Å². The Balaban J connectivity index is 1.34. The zero-order valence-electron chi connectivity index (χ0n) is 31.1. The Labute approximate surface area is 294 Å². The first-order valence-corrected chi connectivity index (χ1v) is 19.3. The molecule has 276 valence electrons. The fourth-order valence-corrected chi connectivity index (χ4v) is 9.54. The zero-order valence-corrected chi connectivity index (χ0v) is 31.1. The summed E-state index contributed by atoms with van der Waals surface area (Å²) in [5, 5.41) is 34.7. The van der Waals surface area contributed by atoms with Crippen molar-refractivity contribution in [1.29, 1.82) is 0 Å². The first kappa shape index (κ1) is 39.5. The van der Waals surface area contributed by atoms with Gasteiger partial charge in [0.25, 0.3) is 0 Å². The van der Waals surface area contributed by atoms with Crippen LogP contribution in [0.2, 0.25) is 0 Å². The number of Topliss-reactive ketones (excluding diaryl/α,β-unsaturated/α-hetero) is 1. The third-order valence-electron chi connectivity index (χ3n) is 12.7. The summed E-state index contributed by atoms with van der Waals surface area (Å²) < 4.78 is 11.7. The quantitative estimate of drug-likeness (QED) is 0.0558. The fourth-order valence-electron chi connectivity index (χ4n) is 9.54. The van der Waals surface area contributed by atoms with Crippen molar-refractivity contribution in [3.05, 3.63) is 34.9 Å². The van der Waals surface area contributed by atoms with Gasteiger partial charge < -0.3 is 24.8 Å². The third kappa shape index (κ3) is 7.67. The molecular formula is C41H64O8. The Bertz CT molecular complexity index is 1280. The van der Waals surface area contributed by atoms with Crippen molar-refractivity contribution >= 4 is 17.7 Å². The van der Waals surface area contributed by atoms with Gasteiger partial charge in [-0.15, -0.1) is 0 Å². The summed E-state index contributed by atoms with van der Waals surface area (Å²) in [4.78, 5) is 40.4. The molecule has 1 spiro atoms. The lowest BCUT2D eigenvalue weighted by atomic mass is 9.59. The van der Waals surface area contributed by atoms with E-state index in [4.69, 9.17) is 9.47 Å². The number of carbonyl (C=O) groups excluding carboxylic acids is 3. The van der Waals surface area contributed by atoms with Gasteiger partial charge in [0.2, 0.25) is 0 Å². The normalized spacial score (nSPS) is 35.0. The first-order chi connectivity index (χ1) is 23.3. The number of allylic oxidation sites excluding steroid dienone is 2. The number of carbonyl (C=O) groups is 3. The van der Waals surface area contributed by atoms with Crippen LogP contribution in [0, 0.1) is 34.5 Å². The molecule has 9 atom stereocenters. The molecule has 8 nitrogen and oxygen atoms in total. The van der Waals surface area contributed by atoms with Crippen LogP contribution in [0.3, 0.4) is 0 Å². The topological polar surface area (TPSA) is 130 Å². The van der Waals surface area contributed by atoms with E-state index in [1.54, 1.807) is 39.0 Å². The molecule has 0 aromatic carbocycles. The van der Waals surface area contributed by atoms with E-state index < -0.39 is 53.1 Å². The summed E-state index contributed by atoms with van der Waals surface area (Å²) in [5.74, 6) is -2.37. The van der Waals surface area contributed by atoms with E-state index in [-0.39, 0.29) is 35.8 Å². The summed E-state index contributed by atoms with van der Waals surface area (Å²) in [5.41, 5.74) is -3.18. The molecule has 4 rings (SSSR count). The van der Waals surface area contributed by atoms with Gasteiger partial charge in [-0.2, -0.15) is 0 Å². The van der Waals surface area contributed by atoms with Gasteiger partial charge in [-0.1, -0.05) is 116 Å². The van der Waals surface area contributed by atoms with E-state index in [2.05, 4.69) is 13.8 Å². The number of aliphatic hydroxyl groups excluding tert-OH is 2. The summed E-state index contributed by atoms with van der Waals surface area (Å²) in [6.07, 6.45) is 19.1. The smallest absolute Gasteiger partial charge is 0.334 e. The van der Waals surface area contributed by atoms with Gasteiger partial charge in [-0.25, -0.2) is 4.79 Å². The lowest BCUT2D eigenvalue weighted by molar-refractivity contribution is -0.201. The predicted molar refractivity (Wildman–Crippen MR) is 190 cm³/mol. The van der Waals surface area contributed by atoms with E-state index in [0.717, 1.165) is 19.3 Å². The monoisotopic (exact) mass is 684 g/mol. The zero-order chi connectivity index (χ0) is 36.0. The molecule has 0 unspecified atom stereocenters. The van der Waals surface area contributed by atoms with Crippen LogP contribution >= 0.6 is 0 Å². The number of rotatable bonds is 19. The van der Waals surface area contributed by atoms with E-state index in [0.29, 0.717) is 24.0 Å². The van der Waals surface area contributed by atoms with Crippen molar-refractivity contribution in [3.8, 4) is 0 Å². The van der Waals surface area contributed by atoms with Crippen LogP contribution in [-0.4, -0.2) is 64.1 Å². The minimum absolute atomic E-state index is 0.0382. The van der Waals surface area contributed by atoms with Gasteiger partial charge in [0.15, 0.2) is 17.5 Å². The maximum Gasteiger partial charge on any atom is 0.334 e. The van der Waals surface area contributed by atoms with Gasteiger partial charge in [-0.05, 0) is 62.5 Å². The van der Waals surface area contributed by atoms with Gasteiger partial charge in [0.05, 0.1) is 18.6 Å². The summed E-state index contributed by atoms with van der Waals surface area (Å²) in [7, 11) is 0. The number of fused-ring (bicyclic) bond motifs is 3. The van der Waals surface area contributed by atoms with Gasteiger partial charge >= 0.3 is 11.9 Å². The average molecular weight is 685 g/mol. The van der Waals surface area contributed by atoms with Crippen LogP contribution in [0.15, 0.2) is 34.9 Å². The molecule has 0 heterocycles. The number of hydrogen-bond acceptors (Lipinski definition) is 8. The molecule has 0 saturated heterocycles. The summed E-state index contributed by atoms with van der Waals surface area (Å²) in [6.45, 7) is 10.9. The second-order valence-corrected chi connectivity index (χ2v) is 16.0. The Kier molecular flexibility index (Phi) is 13.6. The highest BCUT2D eigenvalue weighted by Crippen LogP contribution is 2.72. The number of aliphatic hydroxyl groups is 3. The number of ether oxygens (including phenoxy) is 2.